The fourth-order valence-corrected chi connectivity index (χ4v) is 4.08. The summed E-state index contributed by atoms with van der Waals surface area (Å²) < 4.78 is 12.1. The molecule has 1 N–H and O–H groups in total. The van der Waals surface area contributed by atoms with Crippen molar-refractivity contribution in [1.29, 1.82) is 0 Å². The predicted octanol–water partition coefficient (Wildman–Crippen LogP) is 2.91. The summed E-state index contributed by atoms with van der Waals surface area (Å²) in [6.45, 7) is 1.89. The summed E-state index contributed by atoms with van der Waals surface area (Å²) >= 11 is 0. The molecule has 0 radical (unpaired) electrons. The highest BCUT2D eigenvalue weighted by Gasteiger charge is 2.25. The number of anilines is 1. The molecule has 1 fully saturated rings. The van der Waals surface area contributed by atoms with E-state index in [9.17, 15) is 9.59 Å². The smallest absolute Gasteiger partial charge is 0.261 e. The average molecular weight is 437 g/mol. The molecular formula is C24H28N4O4. The van der Waals surface area contributed by atoms with Crippen molar-refractivity contribution < 1.29 is 14.3 Å². The van der Waals surface area contributed by atoms with E-state index >= 15 is 0 Å². The van der Waals surface area contributed by atoms with E-state index in [0.717, 1.165) is 18.7 Å². The number of methoxy groups -OCH3 is 2. The third-order valence-corrected chi connectivity index (χ3v) is 5.80. The van der Waals surface area contributed by atoms with Crippen molar-refractivity contribution in [3.63, 3.8) is 0 Å². The minimum atomic E-state index is -0.156. The lowest BCUT2D eigenvalue weighted by Crippen LogP contribution is -2.31. The number of nitrogens with one attached hydrogen (secondary N) is 1. The van der Waals surface area contributed by atoms with E-state index in [1.165, 1.54) is 13.4 Å². The van der Waals surface area contributed by atoms with Gasteiger partial charge in [0.2, 0.25) is 5.91 Å². The van der Waals surface area contributed by atoms with Gasteiger partial charge in [-0.25, -0.2) is 4.98 Å². The molecule has 32 heavy (non-hydrogen) atoms. The molecule has 8 nitrogen and oxygen atoms in total. The lowest BCUT2D eigenvalue weighted by molar-refractivity contribution is -0.130. The monoisotopic (exact) mass is 436 g/mol. The molecule has 1 aliphatic heterocycles. The normalized spacial score (nSPS) is 15.7. The van der Waals surface area contributed by atoms with Gasteiger partial charge in [0.05, 0.1) is 31.4 Å². The zero-order valence-electron chi connectivity index (χ0n) is 18.4. The number of amides is 1. The molecular weight excluding hydrogens is 408 g/mol. The number of carbonyl (C=O) groups excluding carboxylic acids is 1. The van der Waals surface area contributed by atoms with Crippen LogP contribution in [0, 0.1) is 0 Å². The highest BCUT2D eigenvalue weighted by atomic mass is 16.5. The summed E-state index contributed by atoms with van der Waals surface area (Å²) in [6.07, 6.45) is 3.43. The molecule has 1 aromatic heterocycles. The Labute approximate surface area is 186 Å². The second-order valence-electron chi connectivity index (χ2n) is 7.91. The van der Waals surface area contributed by atoms with Crippen LogP contribution in [0.4, 0.5) is 5.69 Å². The van der Waals surface area contributed by atoms with Gasteiger partial charge < -0.3 is 19.7 Å². The maximum atomic E-state index is 12.9. The summed E-state index contributed by atoms with van der Waals surface area (Å²) in [4.78, 5) is 31.8. The van der Waals surface area contributed by atoms with Crippen LogP contribution in [-0.2, 0) is 11.3 Å². The van der Waals surface area contributed by atoms with Crippen LogP contribution in [-0.4, -0.2) is 53.7 Å². The number of carbonyl (C=O) groups is 1. The first-order valence-corrected chi connectivity index (χ1v) is 10.8. The molecule has 1 atom stereocenters. The van der Waals surface area contributed by atoms with Crippen molar-refractivity contribution in [2.75, 3.05) is 32.6 Å². The van der Waals surface area contributed by atoms with Crippen LogP contribution in [0.2, 0.25) is 0 Å². The number of fused-ring (bicyclic) bond motifs is 1. The molecule has 2 heterocycles. The first-order valence-electron chi connectivity index (χ1n) is 10.8. The third-order valence-electron chi connectivity index (χ3n) is 5.80. The number of likely N-dealkylation sites (tertiary alicyclic amines) is 1. The summed E-state index contributed by atoms with van der Waals surface area (Å²) in [7, 11) is 3.07. The number of hydrogen-bond donors (Lipinski definition) is 1. The van der Waals surface area contributed by atoms with Crippen LogP contribution in [0.3, 0.4) is 0 Å². The molecule has 1 unspecified atom stereocenters. The lowest BCUT2D eigenvalue weighted by atomic mass is 10.2. The minimum absolute atomic E-state index is 0.121. The van der Waals surface area contributed by atoms with E-state index < -0.39 is 0 Å². The predicted molar refractivity (Wildman–Crippen MR) is 123 cm³/mol. The first kappa shape index (κ1) is 21.7. The Kier molecular flexibility index (Phi) is 6.58. The fourth-order valence-electron chi connectivity index (χ4n) is 4.08. The molecule has 0 bridgehead atoms. The van der Waals surface area contributed by atoms with Gasteiger partial charge in [0.25, 0.3) is 5.56 Å². The second kappa shape index (κ2) is 9.72. The van der Waals surface area contributed by atoms with Crippen LogP contribution in [0.15, 0.2) is 53.6 Å². The summed E-state index contributed by atoms with van der Waals surface area (Å²) in [6, 6.07) is 13.6. The molecule has 0 saturated carbocycles. The summed E-state index contributed by atoms with van der Waals surface area (Å²) in [5, 5.41) is 3.95. The van der Waals surface area contributed by atoms with Crippen molar-refractivity contribution in [2.24, 2.45) is 0 Å². The zero-order valence-corrected chi connectivity index (χ0v) is 18.4. The van der Waals surface area contributed by atoms with Crippen molar-refractivity contribution in [1.82, 2.24) is 14.5 Å². The Hall–Kier alpha value is -3.55. The van der Waals surface area contributed by atoms with Crippen molar-refractivity contribution in [3.8, 4) is 11.5 Å². The Balaban J connectivity index is 1.33. The molecule has 8 heteroatoms. The van der Waals surface area contributed by atoms with Crippen LogP contribution >= 0.6 is 0 Å². The van der Waals surface area contributed by atoms with Gasteiger partial charge in [0, 0.05) is 43.9 Å². The van der Waals surface area contributed by atoms with Gasteiger partial charge in [-0.1, -0.05) is 18.2 Å². The highest BCUT2D eigenvalue weighted by molar-refractivity contribution is 5.81. The van der Waals surface area contributed by atoms with Crippen LogP contribution < -0.4 is 20.3 Å². The molecule has 1 amide bonds. The molecule has 1 saturated heterocycles. The van der Waals surface area contributed by atoms with Gasteiger partial charge in [0.15, 0.2) is 11.5 Å². The maximum Gasteiger partial charge on any atom is 0.261 e. The molecule has 0 aliphatic carbocycles. The van der Waals surface area contributed by atoms with E-state index in [-0.39, 0.29) is 17.5 Å². The minimum Gasteiger partial charge on any atom is -0.493 e. The van der Waals surface area contributed by atoms with E-state index in [1.54, 1.807) is 23.8 Å². The van der Waals surface area contributed by atoms with Crippen LogP contribution in [0.1, 0.15) is 19.3 Å². The first-order chi connectivity index (χ1) is 15.6. The number of hydrogen-bond acceptors (Lipinski definition) is 6. The summed E-state index contributed by atoms with van der Waals surface area (Å²) in [5.41, 5.74) is 1.47. The number of aryl methyl sites for hydroxylation is 1. The number of benzene rings is 2. The standard InChI is InChI=1S/C24H28N4O4/c1-31-21-13-19-20(14-22(21)32-2)25-16-28(24(19)30)11-6-9-23(29)27-12-10-18(15-27)26-17-7-4-3-5-8-17/h3-5,7-8,13-14,16,18,26H,6,9-12,15H2,1-2H3. The average Bonchev–Trinajstić information content (AvgIpc) is 3.29. The second-order valence-corrected chi connectivity index (χ2v) is 7.91. The van der Waals surface area contributed by atoms with E-state index in [4.69, 9.17) is 9.47 Å². The largest absolute Gasteiger partial charge is 0.493 e. The quantitative estimate of drug-likeness (QED) is 0.584. The molecule has 168 valence electrons. The topological polar surface area (TPSA) is 85.7 Å². The van der Waals surface area contributed by atoms with Gasteiger partial charge in [-0.15, -0.1) is 0 Å². The van der Waals surface area contributed by atoms with E-state index in [2.05, 4.69) is 10.3 Å². The molecule has 0 spiro atoms. The third kappa shape index (κ3) is 4.69. The van der Waals surface area contributed by atoms with Gasteiger partial charge >= 0.3 is 0 Å². The fraction of sp³-hybridized carbons (Fsp3) is 0.375. The number of para-hydroxylation sites is 1. The lowest BCUT2D eigenvalue weighted by Gasteiger charge is -2.18. The van der Waals surface area contributed by atoms with E-state index in [0.29, 0.717) is 48.3 Å². The van der Waals surface area contributed by atoms with Gasteiger partial charge in [0.1, 0.15) is 0 Å². The van der Waals surface area contributed by atoms with Crippen LogP contribution in [0.5, 0.6) is 11.5 Å². The summed E-state index contributed by atoms with van der Waals surface area (Å²) in [5.74, 6) is 1.14. The highest BCUT2D eigenvalue weighted by Crippen LogP contribution is 2.29. The van der Waals surface area contributed by atoms with Crippen molar-refractivity contribution in [2.45, 2.75) is 31.8 Å². The van der Waals surface area contributed by atoms with Gasteiger partial charge in [-0.05, 0) is 31.0 Å². The number of rotatable bonds is 8. The Morgan fingerprint density at radius 3 is 2.66 bits per heavy atom. The molecule has 3 aromatic rings. The van der Waals surface area contributed by atoms with Crippen molar-refractivity contribution in [3.05, 3.63) is 59.1 Å². The van der Waals surface area contributed by atoms with Crippen LogP contribution in [0.25, 0.3) is 10.9 Å². The zero-order chi connectivity index (χ0) is 22.5. The maximum absolute atomic E-state index is 12.9. The molecule has 1 aliphatic rings. The Bertz CT molecular complexity index is 1150. The van der Waals surface area contributed by atoms with Gasteiger partial charge in [-0.3, -0.25) is 14.2 Å². The molecule has 4 rings (SSSR count). The van der Waals surface area contributed by atoms with Crippen molar-refractivity contribution >= 4 is 22.5 Å². The number of ether oxygens (including phenoxy) is 2. The Morgan fingerprint density at radius 1 is 1.16 bits per heavy atom. The van der Waals surface area contributed by atoms with E-state index in [1.807, 2.05) is 35.2 Å². The Morgan fingerprint density at radius 2 is 1.91 bits per heavy atom. The number of nitrogens with zero attached hydrogens (tertiary/aromatic N) is 3. The van der Waals surface area contributed by atoms with Gasteiger partial charge in [-0.2, -0.15) is 0 Å². The SMILES string of the molecule is COc1cc2ncn(CCCC(=O)N3CCC(Nc4ccccc4)C3)c(=O)c2cc1OC. The molecule has 2 aromatic carbocycles. The number of aromatic nitrogens is 2.